The van der Waals surface area contributed by atoms with Crippen molar-refractivity contribution in [3.63, 3.8) is 0 Å². The summed E-state index contributed by atoms with van der Waals surface area (Å²) in [7, 11) is 0. The highest BCUT2D eigenvalue weighted by molar-refractivity contribution is 6.10. The summed E-state index contributed by atoms with van der Waals surface area (Å²) in [5, 5.41) is -2.14. The van der Waals surface area contributed by atoms with Crippen molar-refractivity contribution in [1.29, 1.82) is 0 Å². The molecule has 8 rings (SSSR count). The number of benzene rings is 7. The lowest BCUT2D eigenvalue weighted by molar-refractivity contribution is 0.645. The number of hydrogen-bond donors (Lipinski definition) is 0. The molecule has 1 nitrogen and oxygen atoms in total. The molecule has 7 aromatic carbocycles. The van der Waals surface area contributed by atoms with E-state index in [0.717, 1.165) is 0 Å². The summed E-state index contributed by atoms with van der Waals surface area (Å²) in [5.74, 6) is 0. The molecule has 0 amide bonds. The van der Waals surface area contributed by atoms with Gasteiger partial charge in [0.1, 0.15) is 0 Å². The first-order chi connectivity index (χ1) is 35.3. The van der Waals surface area contributed by atoms with E-state index in [4.69, 9.17) is 28.8 Å². The minimum absolute atomic E-state index is 0.247. The Balaban J connectivity index is 1.80. The molecule has 7 aromatic rings. The number of para-hydroxylation sites is 1. The Morgan fingerprint density at radius 2 is 1.09 bits per heavy atom. The fourth-order valence-corrected chi connectivity index (χ4v) is 4.85. The summed E-state index contributed by atoms with van der Waals surface area (Å²) in [6.07, 6.45) is 0. The van der Waals surface area contributed by atoms with E-state index in [-0.39, 0.29) is 4.90 Å². The van der Waals surface area contributed by atoms with E-state index in [1.165, 1.54) is 0 Å². The Morgan fingerprint density at radius 1 is 0.500 bits per heavy atom. The second-order valence-corrected chi connectivity index (χ2v) is 9.26. The van der Waals surface area contributed by atoms with E-state index in [9.17, 15) is 16.4 Å². The van der Waals surface area contributed by atoms with Gasteiger partial charge < -0.3 is 4.90 Å². The van der Waals surface area contributed by atoms with Gasteiger partial charge in [0.25, 0.3) is 0 Å². The van der Waals surface area contributed by atoms with Gasteiger partial charge >= 0.3 is 0 Å². The van der Waals surface area contributed by atoms with Gasteiger partial charge in [-0.2, -0.15) is 0 Å². The predicted octanol–water partition coefficient (Wildman–Crippen LogP) is 11.9. The largest absolute Gasteiger partial charge is 0.310 e. The maximum atomic E-state index is 10.0. The molecule has 44 heavy (non-hydrogen) atoms. The van der Waals surface area contributed by atoms with Crippen molar-refractivity contribution in [3.05, 3.63) is 174 Å². The summed E-state index contributed by atoms with van der Waals surface area (Å²) in [4.78, 5) is 0.247. The van der Waals surface area contributed by atoms with E-state index in [2.05, 4.69) is 0 Å². The van der Waals surface area contributed by atoms with Crippen LogP contribution in [0, 0.1) is 0 Å². The van der Waals surface area contributed by atoms with E-state index in [0.29, 0.717) is 0 Å². The van der Waals surface area contributed by atoms with E-state index < -0.39 is 255 Å². The van der Waals surface area contributed by atoms with Crippen molar-refractivity contribution in [2.24, 2.45) is 0 Å². The molecule has 1 aliphatic rings. The molecule has 0 N–H and O–H groups in total. The molecule has 0 aliphatic heterocycles. The van der Waals surface area contributed by atoms with Crippen LogP contribution < -0.4 is 4.90 Å². The van der Waals surface area contributed by atoms with Crippen LogP contribution in [0.15, 0.2) is 163 Å². The topological polar surface area (TPSA) is 3.24 Å². The first kappa shape index (κ1) is 8.83. The summed E-state index contributed by atoms with van der Waals surface area (Å²) >= 11 is 0. The van der Waals surface area contributed by atoms with Crippen LogP contribution in [-0.4, -0.2) is 0 Å². The van der Waals surface area contributed by atoms with Gasteiger partial charge in [0.2, 0.25) is 0 Å². The molecule has 0 unspecified atom stereocenters. The molecule has 0 spiro atoms. The Kier molecular flexibility index (Phi) is 2.09. The third-order valence-corrected chi connectivity index (χ3v) is 6.75. The maximum Gasteiger partial charge on any atom is 0.0645 e. The molecular weight excluding hydrogens is 530 g/mol. The molecule has 0 aromatic heterocycles. The first-order valence-electron chi connectivity index (χ1n) is 29.2. The number of fused-ring (bicyclic) bond motifs is 2. The highest BCUT2D eigenvalue weighted by Gasteiger charge is 2.35. The number of hydrogen-bond acceptors (Lipinski definition) is 1. The van der Waals surface area contributed by atoms with Crippen molar-refractivity contribution < 1.29 is 45.2 Å². The Labute approximate surface area is 306 Å². The standard InChI is InChI=1S/C43H33N/c1-43(2)38-27-23-34(31-15-8-4-9-16-31)29-37(38)42-40(28-24-33-17-12-20-39(43)41(33)42)44(35-18-10-5-11-19-35)36-25-21-32(22-26-36)30-13-6-3-7-14-30/h3-29H,1-2H3/i1D3,2D3,3D,4D,5D,6D,7D,8D,9D,10D,11D,12D,13D,14D,15D,16D,17D,18D,19D,20D,21D,22D,23D,24D,25D,26D,27D,28D,29D. The highest BCUT2D eigenvalue weighted by atomic mass is 15.1. The molecule has 0 heterocycles. The lowest BCUT2D eigenvalue weighted by Crippen LogP contribution is -2.24. The zero-order valence-electron chi connectivity index (χ0n) is 54.9. The molecule has 1 heteroatoms. The molecule has 0 saturated carbocycles. The Morgan fingerprint density at radius 3 is 1.77 bits per heavy atom. The van der Waals surface area contributed by atoms with Crippen molar-refractivity contribution in [2.75, 3.05) is 4.90 Å². The van der Waals surface area contributed by atoms with Gasteiger partial charge in [0, 0.05) is 30.6 Å². The minimum Gasteiger partial charge on any atom is -0.310 e. The average molecular weight is 597 g/mol. The first-order valence-corrected chi connectivity index (χ1v) is 12.7. The second-order valence-electron chi connectivity index (χ2n) is 9.26. The molecule has 210 valence electrons. The van der Waals surface area contributed by atoms with E-state index in [1.807, 2.05) is 0 Å². The summed E-state index contributed by atoms with van der Waals surface area (Å²) < 4.78 is 297. The third kappa shape index (κ3) is 4.24. The zero-order valence-corrected chi connectivity index (χ0v) is 21.9. The second kappa shape index (κ2) is 10.4. The average Bonchev–Trinajstić information content (AvgIpc) is 3.35. The van der Waals surface area contributed by atoms with E-state index >= 15 is 0 Å². The summed E-state index contributed by atoms with van der Waals surface area (Å²) in [6, 6.07) is -32.6. The van der Waals surface area contributed by atoms with Gasteiger partial charge in [0.15, 0.2) is 0 Å². The molecule has 0 atom stereocenters. The van der Waals surface area contributed by atoms with Gasteiger partial charge in [-0.15, -0.1) is 0 Å². The molecule has 0 saturated heterocycles. The van der Waals surface area contributed by atoms with Crippen LogP contribution in [0.2, 0.25) is 0 Å². The fourth-order valence-electron chi connectivity index (χ4n) is 4.85. The number of rotatable bonds is 5. The predicted molar refractivity (Wildman–Crippen MR) is 187 cm³/mol. The quantitative estimate of drug-likeness (QED) is 0.191. The Bertz CT molecular complexity index is 3740. The van der Waals surface area contributed by atoms with Crippen LogP contribution in [0.3, 0.4) is 0 Å². The van der Waals surface area contributed by atoms with Crippen LogP contribution in [-0.2, 0) is 5.41 Å². The van der Waals surface area contributed by atoms with Crippen molar-refractivity contribution in [3.8, 4) is 33.4 Å². The number of anilines is 3. The summed E-state index contributed by atoms with van der Waals surface area (Å²) in [6.45, 7) is -8.26. The van der Waals surface area contributed by atoms with E-state index in [1.54, 1.807) is 0 Å². The monoisotopic (exact) mass is 596 g/mol. The molecule has 0 fully saturated rings. The molecule has 1 aliphatic carbocycles. The number of nitrogens with zero attached hydrogens (tertiary/aromatic N) is 1. The smallest absolute Gasteiger partial charge is 0.0645 e. The van der Waals surface area contributed by atoms with Crippen LogP contribution >= 0.6 is 0 Å². The highest BCUT2D eigenvalue weighted by Crippen LogP contribution is 2.54. The molecule has 0 radical (unpaired) electrons. The van der Waals surface area contributed by atoms with Crippen LogP contribution in [0.4, 0.5) is 17.1 Å². The zero-order chi connectivity index (χ0) is 58.2. The molecule has 0 bridgehead atoms. The van der Waals surface area contributed by atoms with Crippen molar-refractivity contribution >= 4 is 27.8 Å². The van der Waals surface area contributed by atoms with Crippen molar-refractivity contribution in [1.82, 2.24) is 0 Å². The van der Waals surface area contributed by atoms with Gasteiger partial charge in [0.05, 0.1) is 42.7 Å². The molecular formula is C43H33N. The SMILES string of the molecule is [2H]c1c([2H])c([2H])c(-c2c([2H])c([2H])c(N(c3c([2H])c([2H])c([2H])c([2H])c3[2H])c3c([2H])c([2H])c4c([2H])c([2H])c([2H])c5c4c3-c3c([2H])c(-c4c([2H])c([2H])c([2H])c([2H])c4[2H])c([2H])c([2H])c3C5(C([2H])([2H])[2H])C([2H])([2H])[2H])c([2H])c2[2H])c([2H])c1[2H]. The van der Waals surface area contributed by atoms with Crippen LogP contribution in [0.1, 0.15) is 70.1 Å². The maximum absolute atomic E-state index is 10.0. The summed E-state index contributed by atoms with van der Waals surface area (Å²) in [5.41, 5.74) is -16.9. The van der Waals surface area contributed by atoms with Crippen molar-refractivity contribution in [2.45, 2.75) is 19.1 Å². The van der Waals surface area contributed by atoms with Crippen LogP contribution in [0.5, 0.6) is 0 Å². The van der Waals surface area contributed by atoms with Gasteiger partial charge in [-0.3, -0.25) is 0 Å². The minimum atomic E-state index is -4.13. The van der Waals surface area contributed by atoms with Crippen LogP contribution in [0.25, 0.3) is 44.2 Å². The van der Waals surface area contributed by atoms with Gasteiger partial charge in [-0.25, -0.2) is 0 Å². The normalized spacial score (nSPS) is 24.1. The Hall–Kier alpha value is -5.40. The lowest BCUT2D eigenvalue weighted by Gasteiger charge is -2.38. The third-order valence-electron chi connectivity index (χ3n) is 6.75. The van der Waals surface area contributed by atoms with Gasteiger partial charge in [-0.1, -0.05) is 141 Å². The fraction of sp³-hybridized carbons (Fsp3) is 0.0698. The van der Waals surface area contributed by atoms with Gasteiger partial charge in [-0.05, 0) is 86.0 Å². The lowest BCUT2D eigenvalue weighted by atomic mass is 9.67.